The lowest BCUT2D eigenvalue weighted by Crippen LogP contribution is -2.38. The minimum atomic E-state index is -0.561. The summed E-state index contributed by atoms with van der Waals surface area (Å²) >= 11 is 0. The Balaban J connectivity index is 1.63. The van der Waals surface area contributed by atoms with Gasteiger partial charge in [0.05, 0.1) is 17.8 Å². The molecule has 1 fully saturated rings. The van der Waals surface area contributed by atoms with Crippen molar-refractivity contribution < 1.29 is 9.53 Å². The number of hydrogen-bond acceptors (Lipinski definition) is 5. The van der Waals surface area contributed by atoms with Gasteiger partial charge in [-0.3, -0.25) is 14.0 Å². The van der Waals surface area contributed by atoms with Crippen LogP contribution < -0.4 is 0 Å². The van der Waals surface area contributed by atoms with Gasteiger partial charge in [0, 0.05) is 28.9 Å². The quantitative estimate of drug-likeness (QED) is 0.451. The van der Waals surface area contributed by atoms with E-state index in [0.717, 1.165) is 42.2 Å². The summed E-state index contributed by atoms with van der Waals surface area (Å²) < 4.78 is 9.21. The van der Waals surface area contributed by atoms with E-state index in [1.54, 1.807) is 10.8 Å². The Labute approximate surface area is 182 Å². The first kappa shape index (κ1) is 21.0. The second kappa shape index (κ2) is 8.14. The Morgan fingerprint density at radius 2 is 2.03 bits per heavy atom. The summed E-state index contributed by atoms with van der Waals surface area (Å²) in [5, 5.41) is 14.0. The average molecular weight is 421 g/mol. The Morgan fingerprint density at radius 1 is 1.26 bits per heavy atom. The van der Waals surface area contributed by atoms with Gasteiger partial charge >= 0.3 is 5.97 Å². The third-order valence-electron chi connectivity index (χ3n) is 6.05. The number of carbonyl (C=O) groups is 1. The van der Waals surface area contributed by atoms with E-state index in [1.165, 1.54) is 6.42 Å². The maximum atomic E-state index is 12.1. The molecule has 0 amide bonds. The minimum Gasteiger partial charge on any atom is -0.443 e. The lowest BCUT2D eigenvalue weighted by Gasteiger charge is -2.33. The molecule has 0 atom stereocenters. The summed E-state index contributed by atoms with van der Waals surface area (Å²) in [5.41, 5.74) is 1.74. The molecule has 0 unspecified atom stereocenters. The normalized spacial score (nSPS) is 16.2. The van der Waals surface area contributed by atoms with Gasteiger partial charge in [-0.25, -0.2) is 6.57 Å². The first-order chi connectivity index (χ1) is 14.8. The van der Waals surface area contributed by atoms with Crippen LogP contribution >= 0.6 is 0 Å². The SMILES string of the molecule is [C-]#[N+]CC1(n2cc(-c3cnnc4c3ccn4COC(=O)C(C)(C)C)cn2)CCCCC1. The fraction of sp³-hybridized carbons (Fsp3) is 0.522. The molecule has 1 saturated carbocycles. The van der Waals surface area contributed by atoms with Crippen molar-refractivity contribution in [3.05, 3.63) is 42.3 Å². The molecule has 4 rings (SSSR count). The van der Waals surface area contributed by atoms with Crippen LogP contribution in [0.25, 0.3) is 27.0 Å². The largest absolute Gasteiger partial charge is 0.443 e. The second-order valence-electron chi connectivity index (χ2n) is 9.37. The first-order valence-electron chi connectivity index (χ1n) is 10.7. The predicted molar refractivity (Wildman–Crippen MR) is 117 cm³/mol. The average Bonchev–Trinajstić information content (AvgIpc) is 3.40. The van der Waals surface area contributed by atoms with Crippen molar-refractivity contribution in [3.63, 3.8) is 0 Å². The maximum absolute atomic E-state index is 12.1. The highest BCUT2D eigenvalue weighted by Crippen LogP contribution is 2.36. The topological polar surface area (TPSA) is 79.2 Å². The van der Waals surface area contributed by atoms with Crippen molar-refractivity contribution >= 4 is 17.0 Å². The van der Waals surface area contributed by atoms with Crippen LogP contribution in [0.3, 0.4) is 0 Å². The molecule has 162 valence electrons. The number of rotatable bonds is 5. The molecule has 8 heteroatoms. The van der Waals surface area contributed by atoms with Crippen molar-refractivity contribution in [1.29, 1.82) is 0 Å². The summed E-state index contributed by atoms with van der Waals surface area (Å²) in [6.07, 6.45) is 12.9. The van der Waals surface area contributed by atoms with Crippen LogP contribution in [0.1, 0.15) is 52.9 Å². The molecule has 0 N–H and O–H groups in total. The highest BCUT2D eigenvalue weighted by atomic mass is 16.5. The summed E-state index contributed by atoms with van der Waals surface area (Å²) in [6.45, 7) is 13.4. The van der Waals surface area contributed by atoms with Gasteiger partial charge in [-0.2, -0.15) is 10.2 Å². The monoisotopic (exact) mass is 420 g/mol. The standard InChI is InChI=1S/C23H28N6O2/c1-22(2,3)21(30)31-16-28-11-8-18-19(13-25-27-20(18)28)17-12-26-29(14-17)23(15-24-4)9-6-5-7-10-23/h8,11-14H,5-7,9-10,15-16H2,1-3H3. The summed E-state index contributed by atoms with van der Waals surface area (Å²) in [5.74, 6) is -0.266. The highest BCUT2D eigenvalue weighted by molar-refractivity contribution is 5.92. The van der Waals surface area contributed by atoms with E-state index in [2.05, 4.69) is 20.1 Å². The van der Waals surface area contributed by atoms with Crippen molar-refractivity contribution in [2.45, 2.75) is 65.1 Å². The highest BCUT2D eigenvalue weighted by Gasteiger charge is 2.38. The van der Waals surface area contributed by atoms with Crippen LogP contribution in [0, 0.1) is 12.0 Å². The van der Waals surface area contributed by atoms with Crippen LogP contribution in [0.2, 0.25) is 0 Å². The van der Waals surface area contributed by atoms with Gasteiger partial charge in [-0.05, 0) is 39.7 Å². The van der Waals surface area contributed by atoms with Crippen molar-refractivity contribution in [2.75, 3.05) is 6.54 Å². The number of carbonyl (C=O) groups excluding carboxylic acids is 1. The second-order valence-corrected chi connectivity index (χ2v) is 9.37. The fourth-order valence-corrected chi connectivity index (χ4v) is 4.21. The molecular formula is C23H28N6O2. The number of nitrogens with zero attached hydrogens (tertiary/aromatic N) is 6. The van der Waals surface area contributed by atoms with Gasteiger partial charge in [-0.1, -0.05) is 19.3 Å². The van der Waals surface area contributed by atoms with E-state index in [-0.39, 0.29) is 18.2 Å². The molecule has 1 aliphatic rings. The van der Waals surface area contributed by atoms with E-state index in [4.69, 9.17) is 11.3 Å². The van der Waals surface area contributed by atoms with Crippen LogP contribution in [-0.2, 0) is 21.8 Å². The van der Waals surface area contributed by atoms with Gasteiger partial charge in [0.1, 0.15) is 5.54 Å². The van der Waals surface area contributed by atoms with Gasteiger partial charge < -0.3 is 9.58 Å². The van der Waals surface area contributed by atoms with Crippen molar-refractivity contribution in [3.8, 4) is 11.1 Å². The molecule has 0 aromatic carbocycles. The minimum absolute atomic E-state index is 0.0884. The van der Waals surface area contributed by atoms with Crippen molar-refractivity contribution in [1.82, 2.24) is 24.5 Å². The molecule has 3 heterocycles. The number of esters is 1. The molecule has 0 radical (unpaired) electrons. The summed E-state index contributed by atoms with van der Waals surface area (Å²) in [4.78, 5) is 15.8. The zero-order valence-electron chi connectivity index (χ0n) is 18.3. The number of hydrogen-bond donors (Lipinski definition) is 0. The van der Waals surface area contributed by atoms with E-state index < -0.39 is 5.41 Å². The van der Waals surface area contributed by atoms with Crippen LogP contribution in [-0.4, -0.2) is 37.1 Å². The third-order valence-corrected chi connectivity index (χ3v) is 6.05. The lowest BCUT2D eigenvalue weighted by atomic mass is 9.82. The number of ether oxygens (including phenoxy) is 1. The third kappa shape index (κ3) is 4.05. The molecule has 3 aromatic heterocycles. The maximum Gasteiger partial charge on any atom is 0.312 e. The van der Waals surface area contributed by atoms with E-state index in [1.807, 2.05) is 50.1 Å². The predicted octanol–water partition coefficient (Wildman–Crippen LogP) is 4.42. The first-order valence-corrected chi connectivity index (χ1v) is 10.7. The van der Waals surface area contributed by atoms with Crippen molar-refractivity contribution in [2.24, 2.45) is 5.41 Å². The Kier molecular flexibility index (Phi) is 5.52. The Hall–Kier alpha value is -3.21. The Morgan fingerprint density at radius 3 is 2.74 bits per heavy atom. The molecular weight excluding hydrogens is 392 g/mol. The molecule has 8 nitrogen and oxygen atoms in total. The number of aromatic nitrogens is 5. The molecule has 3 aromatic rings. The van der Waals surface area contributed by atoms with E-state index in [0.29, 0.717) is 12.2 Å². The lowest BCUT2D eigenvalue weighted by molar-refractivity contribution is -0.156. The van der Waals surface area contributed by atoms with E-state index in [9.17, 15) is 4.79 Å². The Bertz CT molecular complexity index is 1130. The zero-order valence-corrected chi connectivity index (χ0v) is 18.3. The van der Waals surface area contributed by atoms with Crippen LogP contribution in [0.5, 0.6) is 0 Å². The summed E-state index contributed by atoms with van der Waals surface area (Å²) in [6, 6.07) is 1.96. The van der Waals surface area contributed by atoms with E-state index >= 15 is 0 Å². The molecule has 31 heavy (non-hydrogen) atoms. The summed E-state index contributed by atoms with van der Waals surface area (Å²) in [7, 11) is 0. The molecule has 1 aliphatic carbocycles. The zero-order chi connectivity index (χ0) is 22.1. The molecule has 0 aliphatic heterocycles. The van der Waals surface area contributed by atoms with Crippen LogP contribution in [0.15, 0.2) is 30.9 Å². The molecule has 0 bridgehead atoms. The van der Waals surface area contributed by atoms with Gasteiger partial charge in [-0.15, -0.1) is 5.10 Å². The fourth-order valence-electron chi connectivity index (χ4n) is 4.21. The number of fused-ring (bicyclic) bond motifs is 1. The van der Waals surface area contributed by atoms with Gasteiger partial charge in [0.15, 0.2) is 12.4 Å². The molecule has 0 saturated heterocycles. The van der Waals surface area contributed by atoms with Gasteiger partial charge in [0.2, 0.25) is 6.54 Å². The van der Waals surface area contributed by atoms with Crippen LogP contribution in [0.4, 0.5) is 0 Å². The molecule has 0 spiro atoms. The van der Waals surface area contributed by atoms with Gasteiger partial charge in [0.25, 0.3) is 0 Å². The smallest absolute Gasteiger partial charge is 0.312 e.